The van der Waals surface area contributed by atoms with Crippen LogP contribution in [0.25, 0.3) is 5.57 Å². The molecule has 0 unspecified atom stereocenters. The van der Waals surface area contributed by atoms with Gasteiger partial charge in [-0.25, -0.2) is 8.78 Å². The van der Waals surface area contributed by atoms with E-state index in [4.69, 9.17) is 0 Å². The normalized spacial score (nSPS) is 17.1. The van der Waals surface area contributed by atoms with Gasteiger partial charge in [-0.15, -0.1) is 0 Å². The molecule has 0 radical (unpaired) electrons. The molecule has 0 atom stereocenters. The number of hydrogen-bond acceptors (Lipinski definition) is 3. The lowest BCUT2D eigenvalue weighted by molar-refractivity contribution is -0.110. The lowest BCUT2D eigenvalue weighted by atomic mass is 10.1. The summed E-state index contributed by atoms with van der Waals surface area (Å²) in [6.07, 6.45) is 5.49. The highest BCUT2D eigenvalue weighted by Gasteiger charge is 2.24. The Morgan fingerprint density at radius 2 is 1.88 bits per heavy atom. The Morgan fingerprint density at radius 1 is 1.08 bits per heavy atom. The van der Waals surface area contributed by atoms with Crippen molar-refractivity contribution in [2.45, 2.75) is 0 Å². The maximum atomic E-state index is 14.3. The molecule has 2 aromatic carbocycles. The standard InChI is InChI=1S/C19H15F2N3O/c20-12-3-5-14-15(19(25)23-17(14)9-12)11-22-13-4-6-18(16(21)10-13)24-7-1-2-8-24/h1-6,9-11,22H,7-8H2,(H,23,25)/b15-11+. The number of hydrogen-bond donors (Lipinski definition) is 2. The van der Waals surface area contributed by atoms with E-state index in [2.05, 4.69) is 10.6 Å². The molecule has 2 heterocycles. The fourth-order valence-electron chi connectivity index (χ4n) is 2.99. The van der Waals surface area contributed by atoms with E-state index in [9.17, 15) is 13.6 Å². The number of carbonyl (C=O) groups is 1. The minimum absolute atomic E-state index is 0.326. The summed E-state index contributed by atoms with van der Waals surface area (Å²) in [5, 5.41) is 5.55. The highest BCUT2D eigenvalue weighted by Crippen LogP contribution is 2.32. The van der Waals surface area contributed by atoms with Crippen molar-refractivity contribution in [3.63, 3.8) is 0 Å². The van der Waals surface area contributed by atoms with E-state index in [1.54, 1.807) is 18.2 Å². The molecule has 2 aliphatic rings. The number of amides is 1. The summed E-state index contributed by atoms with van der Waals surface area (Å²) in [7, 11) is 0. The summed E-state index contributed by atoms with van der Waals surface area (Å²) in [6.45, 7) is 1.39. The molecule has 1 amide bonds. The molecule has 126 valence electrons. The van der Waals surface area contributed by atoms with Gasteiger partial charge in [0.05, 0.1) is 16.9 Å². The van der Waals surface area contributed by atoms with E-state index >= 15 is 0 Å². The lowest BCUT2D eigenvalue weighted by Gasteiger charge is -2.18. The lowest BCUT2D eigenvalue weighted by Crippen LogP contribution is -2.19. The van der Waals surface area contributed by atoms with Crippen molar-refractivity contribution in [3.8, 4) is 0 Å². The van der Waals surface area contributed by atoms with Gasteiger partial charge in [-0.3, -0.25) is 4.79 Å². The van der Waals surface area contributed by atoms with Gasteiger partial charge in [0.1, 0.15) is 11.6 Å². The number of nitrogens with zero attached hydrogens (tertiary/aromatic N) is 1. The van der Waals surface area contributed by atoms with E-state index in [0.29, 0.717) is 41.3 Å². The Morgan fingerprint density at radius 3 is 2.64 bits per heavy atom. The second kappa shape index (κ2) is 6.05. The predicted molar refractivity (Wildman–Crippen MR) is 94.4 cm³/mol. The SMILES string of the molecule is O=C1Nc2cc(F)ccc2/C1=C\Nc1ccc(N2CC=CC2)c(F)c1. The van der Waals surface area contributed by atoms with Crippen LogP contribution in [0.2, 0.25) is 0 Å². The van der Waals surface area contributed by atoms with Crippen LogP contribution in [0.1, 0.15) is 5.56 Å². The maximum Gasteiger partial charge on any atom is 0.257 e. The molecule has 6 heteroatoms. The molecule has 4 nitrogen and oxygen atoms in total. The van der Waals surface area contributed by atoms with Gasteiger partial charge in [0.2, 0.25) is 0 Å². The maximum absolute atomic E-state index is 14.3. The molecule has 0 saturated carbocycles. The van der Waals surface area contributed by atoms with Crippen LogP contribution in [-0.4, -0.2) is 19.0 Å². The molecule has 0 saturated heterocycles. The molecule has 4 rings (SSSR count). The van der Waals surface area contributed by atoms with Crippen LogP contribution < -0.4 is 15.5 Å². The van der Waals surface area contributed by atoms with Gasteiger partial charge in [0.15, 0.2) is 0 Å². The van der Waals surface area contributed by atoms with Gasteiger partial charge in [-0.05, 0) is 36.4 Å². The summed E-state index contributed by atoms with van der Waals surface area (Å²) >= 11 is 0. The second-order valence-corrected chi connectivity index (χ2v) is 5.89. The molecule has 0 bridgehead atoms. The Labute approximate surface area is 143 Å². The molecule has 2 aliphatic heterocycles. The number of nitrogens with one attached hydrogen (secondary N) is 2. The monoisotopic (exact) mass is 339 g/mol. The molecule has 0 aliphatic carbocycles. The van der Waals surface area contributed by atoms with Crippen LogP contribution in [0.3, 0.4) is 0 Å². The third kappa shape index (κ3) is 2.87. The number of carbonyl (C=O) groups excluding carboxylic acids is 1. The summed E-state index contributed by atoms with van der Waals surface area (Å²) < 4.78 is 27.6. The van der Waals surface area contributed by atoms with Crippen LogP contribution in [-0.2, 0) is 4.79 Å². The Kier molecular flexibility index (Phi) is 3.72. The van der Waals surface area contributed by atoms with Gasteiger partial charge in [0, 0.05) is 30.5 Å². The minimum Gasteiger partial charge on any atom is -0.362 e. The van der Waals surface area contributed by atoms with Crippen molar-refractivity contribution in [1.29, 1.82) is 0 Å². The van der Waals surface area contributed by atoms with Crippen molar-refractivity contribution >= 4 is 28.5 Å². The number of halogens is 2. The summed E-state index contributed by atoms with van der Waals surface area (Å²) in [4.78, 5) is 14.0. The second-order valence-electron chi connectivity index (χ2n) is 5.89. The Bertz CT molecular complexity index is 913. The smallest absolute Gasteiger partial charge is 0.257 e. The zero-order chi connectivity index (χ0) is 17.4. The molecule has 0 spiro atoms. The Hall–Kier alpha value is -3.15. The van der Waals surface area contributed by atoms with Crippen molar-refractivity contribution in [1.82, 2.24) is 0 Å². The first kappa shape index (κ1) is 15.4. The largest absolute Gasteiger partial charge is 0.362 e. The first-order valence-corrected chi connectivity index (χ1v) is 7.89. The van der Waals surface area contributed by atoms with E-state index in [1.807, 2.05) is 17.1 Å². The van der Waals surface area contributed by atoms with Gasteiger partial charge in [-0.2, -0.15) is 0 Å². The first-order chi connectivity index (χ1) is 12.1. The number of fused-ring (bicyclic) bond motifs is 1. The van der Waals surface area contributed by atoms with E-state index < -0.39 is 5.82 Å². The molecule has 25 heavy (non-hydrogen) atoms. The van der Waals surface area contributed by atoms with Gasteiger partial charge >= 0.3 is 0 Å². The fraction of sp³-hybridized carbons (Fsp3) is 0.105. The van der Waals surface area contributed by atoms with Crippen molar-refractivity contribution < 1.29 is 13.6 Å². The summed E-state index contributed by atoms with van der Waals surface area (Å²) in [5.41, 5.74) is 2.50. The molecular weight excluding hydrogens is 324 g/mol. The van der Waals surface area contributed by atoms with Crippen LogP contribution in [0, 0.1) is 11.6 Å². The third-order valence-electron chi connectivity index (χ3n) is 4.25. The zero-order valence-electron chi connectivity index (χ0n) is 13.2. The van der Waals surface area contributed by atoms with Crippen LogP contribution in [0.5, 0.6) is 0 Å². The average molecular weight is 339 g/mol. The van der Waals surface area contributed by atoms with Gasteiger partial charge < -0.3 is 15.5 Å². The van der Waals surface area contributed by atoms with Crippen LogP contribution >= 0.6 is 0 Å². The molecule has 2 aromatic rings. The highest BCUT2D eigenvalue weighted by atomic mass is 19.1. The van der Waals surface area contributed by atoms with Crippen LogP contribution in [0.15, 0.2) is 54.8 Å². The Balaban J connectivity index is 1.56. The average Bonchev–Trinajstić information content (AvgIpc) is 3.20. The summed E-state index contributed by atoms with van der Waals surface area (Å²) in [5.74, 6) is -1.07. The number of benzene rings is 2. The first-order valence-electron chi connectivity index (χ1n) is 7.89. The molecule has 0 aromatic heterocycles. The van der Waals surface area contributed by atoms with Gasteiger partial charge in [0.25, 0.3) is 5.91 Å². The van der Waals surface area contributed by atoms with Crippen molar-refractivity contribution in [2.75, 3.05) is 28.6 Å². The predicted octanol–water partition coefficient (Wildman–Crippen LogP) is 3.75. The van der Waals surface area contributed by atoms with Crippen molar-refractivity contribution in [2.24, 2.45) is 0 Å². The van der Waals surface area contributed by atoms with E-state index in [-0.39, 0.29) is 11.7 Å². The van der Waals surface area contributed by atoms with Crippen LogP contribution in [0.4, 0.5) is 25.8 Å². The highest BCUT2D eigenvalue weighted by molar-refractivity contribution is 6.31. The minimum atomic E-state index is -0.415. The van der Waals surface area contributed by atoms with E-state index in [0.717, 1.165) is 0 Å². The molecule has 0 fully saturated rings. The molecule has 2 N–H and O–H groups in total. The zero-order valence-corrected chi connectivity index (χ0v) is 13.2. The number of rotatable bonds is 3. The summed E-state index contributed by atoms with van der Waals surface area (Å²) in [6, 6.07) is 8.97. The third-order valence-corrected chi connectivity index (χ3v) is 4.25. The number of anilines is 3. The molecular formula is C19H15F2N3O. The van der Waals surface area contributed by atoms with Gasteiger partial charge in [-0.1, -0.05) is 12.2 Å². The quantitative estimate of drug-likeness (QED) is 0.661. The topological polar surface area (TPSA) is 44.4 Å². The van der Waals surface area contributed by atoms with E-state index in [1.165, 1.54) is 24.4 Å². The fourth-order valence-corrected chi connectivity index (χ4v) is 2.99. The van der Waals surface area contributed by atoms with Crippen molar-refractivity contribution in [3.05, 3.63) is 71.9 Å².